The van der Waals surface area contributed by atoms with Gasteiger partial charge in [-0.2, -0.15) is 5.10 Å². The summed E-state index contributed by atoms with van der Waals surface area (Å²) >= 11 is 0. The summed E-state index contributed by atoms with van der Waals surface area (Å²) in [6.07, 6.45) is 3.10. The highest BCUT2D eigenvalue weighted by molar-refractivity contribution is 5.92. The van der Waals surface area contributed by atoms with Crippen molar-refractivity contribution in [3.05, 3.63) is 77.0 Å². The quantitative estimate of drug-likeness (QED) is 0.587. The van der Waals surface area contributed by atoms with Gasteiger partial charge in [-0.1, -0.05) is 12.1 Å². The third kappa shape index (κ3) is 3.15. The first kappa shape index (κ1) is 15.8. The molecule has 0 bridgehead atoms. The van der Waals surface area contributed by atoms with Gasteiger partial charge in [0, 0.05) is 22.6 Å². The fourth-order valence-electron chi connectivity index (χ4n) is 2.71. The first-order valence-electron chi connectivity index (χ1n) is 7.69. The average Bonchev–Trinajstić information content (AvgIpc) is 3.16. The zero-order valence-corrected chi connectivity index (χ0v) is 13.9. The van der Waals surface area contributed by atoms with Crippen LogP contribution < -0.4 is 5.43 Å². The molecule has 3 aromatic rings. The Morgan fingerprint density at radius 1 is 1.17 bits per heavy atom. The number of carbonyl (C=O) groups excluding carboxylic acids is 1. The van der Waals surface area contributed by atoms with Crippen molar-refractivity contribution in [2.24, 2.45) is 5.10 Å². The highest BCUT2D eigenvalue weighted by atomic mass is 16.3. The van der Waals surface area contributed by atoms with Crippen LogP contribution in [0, 0.1) is 20.8 Å². The zero-order valence-electron chi connectivity index (χ0n) is 13.9. The first-order valence-corrected chi connectivity index (χ1v) is 7.69. The Bertz CT molecular complexity index is 889. The number of hydrazone groups is 1. The smallest absolute Gasteiger partial charge is 0.307 e. The number of aryl methyl sites for hydroxylation is 2. The largest absolute Gasteiger partial charge is 0.459 e. The first-order chi connectivity index (χ1) is 11.6. The number of furan rings is 1. The number of aromatic nitrogens is 1. The van der Waals surface area contributed by atoms with Gasteiger partial charge in [-0.05, 0) is 56.7 Å². The van der Waals surface area contributed by atoms with Gasteiger partial charge in [-0.25, -0.2) is 5.43 Å². The summed E-state index contributed by atoms with van der Waals surface area (Å²) in [5.41, 5.74) is 7.91. The molecule has 0 unspecified atom stereocenters. The Hall–Kier alpha value is -3.08. The number of benzene rings is 1. The predicted molar refractivity (Wildman–Crippen MR) is 93.7 cm³/mol. The Balaban J connectivity index is 1.81. The van der Waals surface area contributed by atoms with Crippen molar-refractivity contribution < 1.29 is 9.21 Å². The van der Waals surface area contributed by atoms with Gasteiger partial charge < -0.3 is 8.98 Å². The van der Waals surface area contributed by atoms with E-state index in [1.807, 2.05) is 26.0 Å². The lowest BCUT2D eigenvalue weighted by Gasteiger charge is -2.10. The molecule has 2 heterocycles. The summed E-state index contributed by atoms with van der Waals surface area (Å²) < 4.78 is 7.19. The summed E-state index contributed by atoms with van der Waals surface area (Å²) in [5.74, 6) is -0.138. The Morgan fingerprint density at radius 2 is 2.00 bits per heavy atom. The van der Waals surface area contributed by atoms with E-state index in [4.69, 9.17) is 4.42 Å². The topological polar surface area (TPSA) is 59.5 Å². The van der Waals surface area contributed by atoms with Crippen molar-refractivity contribution >= 4 is 12.1 Å². The molecule has 0 radical (unpaired) electrons. The van der Waals surface area contributed by atoms with Crippen LogP contribution in [0.3, 0.4) is 0 Å². The van der Waals surface area contributed by atoms with E-state index in [2.05, 4.69) is 40.2 Å². The number of hydrogen-bond donors (Lipinski definition) is 1. The van der Waals surface area contributed by atoms with E-state index in [9.17, 15) is 4.79 Å². The summed E-state index contributed by atoms with van der Waals surface area (Å²) in [7, 11) is 0. The van der Waals surface area contributed by atoms with Crippen LogP contribution in [0.1, 0.15) is 33.1 Å². The van der Waals surface area contributed by atoms with E-state index in [0.29, 0.717) is 0 Å². The molecule has 3 rings (SSSR count). The van der Waals surface area contributed by atoms with Gasteiger partial charge >= 0.3 is 5.91 Å². The van der Waals surface area contributed by atoms with E-state index in [1.54, 1.807) is 18.3 Å². The number of rotatable bonds is 4. The van der Waals surface area contributed by atoms with Gasteiger partial charge in [0.1, 0.15) is 0 Å². The van der Waals surface area contributed by atoms with Crippen LogP contribution >= 0.6 is 0 Å². The fourth-order valence-corrected chi connectivity index (χ4v) is 2.71. The highest BCUT2D eigenvalue weighted by Gasteiger charge is 2.10. The van der Waals surface area contributed by atoms with E-state index in [-0.39, 0.29) is 11.7 Å². The average molecular weight is 321 g/mol. The van der Waals surface area contributed by atoms with Crippen LogP contribution in [0.5, 0.6) is 0 Å². The Kier molecular flexibility index (Phi) is 4.33. The second-order valence-corrected chi connectivity index (χ2v) is 5.68. The second-order valence-electron chi connectivity index (χ2n) is 5.68. The van der Waals surface area contributed by atoms with E-state index < -0.39 is 0 Å². The van der Waals surface area contributed by atoms with Crippen molar-refractivity contribution in [2.45, 2.75) is 20.8 Å². The van der Waals surface area contributed by atoms with Gasteiger partial charge in [0.2, 0.25) is 0 Å². The van der Waals surface area contributed by atoms with Gasteiger partial charge in [0.05, 0.1) is 12.5 Å². The van der Waals surface area contributed by atoms with Crippen LogP contribution in [-0.4, -0.2) is 16.7 Å². The third-order valence-electron chi connectivity index (χ3n) is 3.84. The molecule has 1 N–H and O–H groups in total. The molecular formula is C19H19N3O2. The van der Waals surface area contributed by atoms with E-state index in [1.165, 1.54) is 11.8 Å². The molecule has 0 saturated carbocycles. The van der Waals surface area contributed by atoms with Gasteiger partial charge in [0.15, 0.2) is 5.76 Å². The molecule has 0 aliphatic heterocycles. The number of amides is 1. The number of carbonyl (C=O) groups is 1. The lowest BCUT2D eigenvalue weighted by Crippen LogP contribution is -2.16. The normalized spacial score (nSPS) is 11.1. The summed E-state index contributed by atoms with van der Waals surface area (Å²) in [6, 6.07) is 13.6. The zero-order chi connectivity index (χ0) is 17.1. The maximum atomic E-state index is 11.8. The van der Waals surface area contributed by atoms with Crippen molar-refractivity contribution in [1.82, 2.24) is 9.99 Å². The van der Waals surface area contributed by atoms with E-state index >= 15 is 0 Å². The number of nitrogens with one attached hydrogen (secondary N) is 1. The van der Waals surface area contributed by atoms with Crippen LogP contribution in [0.15, 0.2) is 58.2 Å². The van der Waals surface area contributed by atoms with Gasteiger partial charge in [-0.3, -0.25) is 4.79 Å². The molecular weight excluding hydrogens is 302 g/mol. The van der Waals surface area contributed by atoms with Crippen LogP contribution in [0.2, 0.25) is 0 Å². The molecule has 1 amide bonds. The third-order valence-corrected chi connectivity index (χ3v) is 3.84. The second kappa shape index (κ2) is 6.58. The number of nitrogens with zero attached hydrogens (tertiary/aromatic N) is 2. The standard InChI is InChI=1S/C19H19N3O2/c1-13-6-4-7-17(10-13)22-14(2)11-16(15(22)3)12-20-21-19(23)18-8-5-9-24-18/h4-12H,1-3H3,(H,21,23)/b20-12+. The van der Waals surface area contributed by atoms with Crippen molar-refractivity contribution in [1.29, 1.82) is 0 Å². The fraction of sp³-hybridized carbons (Fsp3) is 0.158. The summed E-state index contributed by atoms with van der Waals surface area (Å²) in [4.78, 5) is 11.8. The minimum absolute atomic E-state index is 0.234. The van der Waals surface area contributed by atoms with Crippen LogP contribution in [0.25, 0.3) is 5.69 Å². The molecule has 5 heteroatoms. The van der Waals surface area contributed by atoms with Crippen molar-refractivity contribution in [3.8, 4) is 5.69 Å². The van der Waals surface area contributed by atoms with E-state index in [0.717, 1.165) is 22.6 Å². The van der Waals surface area contributed by atoms with Crippen molar-refractivity contribution in [2.75, 3.05) is 0 Å². The molecule has 1 aromatic carbocycles. The molecule has 122 valence electrons. The maximum Gasteiger partial charge on any atom is 0.307 e. The molecule has 0 aliphatic rings. The Morgan fingerprint density at radius 3 is 2.71 bits per heavy atom. The molecule has 0 fully saturated rings. The molecule has 2 aromatic heterocycles. The molecule has 24 heavy (non-hydrogen) atoms. The monoisotopic (exact) mass is 321 g/mol. The van der Waals surface area contributed by atoms with Crippen molar-refractivity contribution in [3.63, 3.8) is 0 Å². The maximum absolute atomic E-state index is 11.8. The molecule has 0 aliphatic carbocycles. The number of hydrogen-bond acceptors (Lipinski definition) is 3. The summed E-state index contributed by atoms with van der Waals surface area (Å²) in [6.45, 7) is 6.16. The molecule has 0 saturated heterocycles. The molecule has 0 atom stereocenters. The van der Waals surface area contributed by atoms with Gasteiger partial charge in [0.25, 0.3) is 0 Å². The predicted octanol–water partition coefficient (Wildman–Crippen LogP) is 3.76. The Labute approximate surface area is 140 Å². The van der Waals surface area contributed by atoms with Crippen LogP contribution in [0.4, 0.5) is 0 Å². The molecule has 0 spiro atoms. The van der Waals surface area contributed by atoms with Gasteiger partial charge in [-0.15, -0.1) is 0 Å². The highest BCUT2D eigenvalue weighted by Crippen LogP contribution is 2.20. The minimum Gasteiger partial charge on any atom is -0.459 e. The summed E-state index contributed by atoms with van der Waals surface area (Å²) in [5, 5.41) is 4.03. The lowest BCUT2D eigenvalue weighted by molar-refractivity contribution is 0.0927. The molecule has 5 nitrogen and oxygen atoms in total. The minimum atomic E-state index is -0.372. The van der Waals surface area contributed by atoms with Crippen LogP contribution in [-0.2, 0) is 0 Å². The SMILES string of the molecule is Cc1cccc(-n2c(C)cc(/C=N/NC(=O)c3ccco3)c2C)c1. The lowest BCUT2D eigenvalue weighted by atomic mass is 10.2.